The molecule has 10 heteroatoms. The molecule has 0 atom stereocenters. The summed E-state index contributed by atoms with van der Waals surface area (Å²) in [5, 5.41) is 17.1. The summed E-state index contributed by atoms with van der Waals surface area (Å²) in [6.45, 7) is 3.05. The van der Waals surface area contributed by atoms with E-state index in [1.54, 1.807) is 55.4 Å². The lowest BCUT2D eigenvalue weighted by molar-refractivity contribution is 0.100. The zero-order valence-electron chi connectivity index (χ0n) is 18.5. The van der Waals surface area contributed by atoms with Gasteiger partial charge in [-0.2, -0.15) is 0 Å². The molecule has 0 fully saturated rings. The van der Waals surface area contributed by atoms with Crippen LogP contribution in [-0.2, 0) is 0 Å². The Morgan fingerprint density at radius 2 is 1.21 bits per heavy atom. The molecule has 0 saturated carbocycles. The fourth-order valence-electron chi connectivity index (χ4n) is 2.47. The van der Waals surface area contributed by atoms with E-state index in [2.05, 4.69) is 35.9 Å². The Morgan fingerprint density at radius 1 is 0.706 bits per heavy atom. The minimum absolute atomic E-state index is 0.0263. The SMILES string of the molecule is CC(=O)c1cncc(-c2ccncc2)c1.CC(=O)c1cncc(Br)c1.OB(O)c1ccncc1. The van der Waals surface area contributed by atoms with E-state index in [1.807, 2.05) is 18.2 Å². The minimum Gasteiger partial charge on any atom is -0.423 e. The molecule has 8 nitrogen and oxygen atoms in total. The third kappa shape index (κ3) is 9.10. The predicted molar refractivity (Wildman–Crippen MR) is 133 cm³/mol. The van der Waals surface area contributed by atoms with Crippen molar-refractivity contribution < 1.29 is 19.6 Å². The van der Waals surface area contributed by atoms with Crippen LogP contribution in [0.3, 0.4) is 0 Å². The number of hydrogen-bond acceptors (Lipinski definition) is 8. The molecule has 0 aliphatic carbocycles. The van der Waals surface area contributed by atoms with Crippen molar-refractivity contribution in [1.29, 1.82) is 0 Å². The van der Waals surface area contributed by atoms with Crippen LogP contribution in [0, 0.1) is 0 Å². The summed E-state index contributed by atoms with van der Waals surface area (Å²) >= 11 is 3.22. The lowest BCUT2D eigenvalue weighted by Crippen LogP contribution is -2.29. The van der Waals surface area contributed by atoms with Gasteiger partial charge >= 0.3 is 7.12 Å². The molecule has 0 saturated heterocycles. The minimum atomic E-state index is -1.38. The number of halogens is 1. The first-order valence-corrected chi connectivity index (χ1v) is 10.8. The maximum absolute atomic E-state index is 11.2. The van der Waals surface area contributed by atoms with E-state index in [4.69, 9.17) is 10.0 Å². The molecule has 0 unspecified atom stereocenters. The van der Waals surface area contributed by atoms with Crippen molar-refractivity contribution in [1.82, 2.24) is 19.9 Å². The quantitative estimate of drug-likeness (QED) is 0.310. The molecule has 0 aromatic carbocycles. The van der Waals surface area contributed by atoms with Crippen LogP contribution < -0.4 is 5.46 Å². The average Bonchev–Trinajstić information content (AvgIpc) is 2.86. The molecule has 2 N–H and O–H groups in total. The van der Waals surface area contributed by atoms with Gasteiger partial charge in [0.2, 0.25) is 0 Å². The summed E-state index contributed by atoms with van der Waals surface area (Å²) in [4.78, 5) is 37.4. The molecular weight excluding hydrogens is 499 g/mol. The second-order valence-electron chi connectivity index (χ2n) is 6.86. The molecule has 4 rings (SSSR count). The third-order valence-corrected chi connectivity index (χ3v) is 4.71. The van der Waals surface area contributed by atoms with Gasteiger partial charge in [-0.1, -0.05) is 0 Å². The van der Waals surface area contributed by atoms with E-state index >= 15 is 0 Å². The molecule has 172 valence electrons. The summed E-state index contributed by atoms with van der Waals surface area (Å²) in [6.07, 6.45) is 13.0. The van der Waals surface area contributed by atoms with E-state index in [1.165, 1.54) is 26.2 Å². The highest BCUT2D eigenvalue weighted by Gasteiger charge is 2.08. The lowest BCUT2D eigenvalue weighted by atomic mass is 9.81. The molecule has 4 heterocycles. The van der Waals surface area contributed by atoms with Crippen LogP contribution in [0.1, 0.15) is 34.6 Å². The van der Waals surface area contributed by atoms with Crippen LogP contribution in [0.15, 0.2) is 90.4 Å². The fraction of sp³-hybridized carbons (Fsp3) is 0.0833. The van der Waals surface area contributed by atoms with Gasteiger partial charge in [0.25, 0.3) is 0 Å². The number of hydrogen-bond donors (Lipinski definition) is 2. The normalized spacial score (nSPS) is 9.56. The molecule has 4 aromatic rings. The van der Waals surface area contributed by atoms with Crippen LogP contribution in [-0.4, -0.2) is 48.7 Å². The highest BCUT2D eigenvalue weighted by Crippen LogP contribution is 2.18. The first-order valence-electron chi connectivity index (χ1n) is 10.0. The molecule has 0 amide bonds. The molecule has 0 aliphatic rings. The summed E-state index contributed by atoms with van der Waals surface area (Å²) < 4.78 is 0.834. The van der Waals surface area contributed by atoms with Gasteiger partial charge < -0.3 is 10.0 Å². The Morgan fingerprint density at radius 3 is 1.65 bits per heavy atom. The van der Waals surface area contributed by atoms with Crippen molar-refractivity contribution in [2.75, 3.05) is 0 Å². The third-order valence-electron chi connectivity index (χ3n) is 4.27. The van der Waals surface area contributed by atoms with E-state index < -0.39 is 7.12 Å². The van der Waals surface area contributed by atoms with Gasteiger partial charge in [-0.15, -0.1) is 0 Å². The zero-order valence-corrected chi connectivity index (χ0v) is 20.1. The summed E-state index contributed by atoms with van der Waals surface area (Å²) in [5.41, 5.74) is 3.68. The van der Waals surface area contributed by atoms with Gasteiger partial charge in [-0.3, -0.25) is 29.5 Å². The van der Waals surface area contributed by atoms with Crippen LogP contribution in [0.5, 0.6) is 0 Å². The number of rotatable bonds is 4. The number of carbonyl (C=O) groups is 2. The van der Waals surface area contributed by atoms with Crippen LogP contribution in [0.2, 0.25) is 0 Å². The fourth-order valence-corrected chi connectivity index (χ4v) is 2.84. The Kier molecular flexibility index (Phi) is 10.8. The molecule has 34 heavy (non-hydrogen) atoms. The summed E-state index contributed by atoms with van der Waals surface area (Å²) in [7, 11) is -1.38. The molecule has 0 bridgehead atoms. The smallest absolute Gasteiger partial charge is 0.423 e. The van der Waals surface area contributed by atoms with E-state index in [-0.39, 0.29) is 11.6 Å². The Balaban J connectivity index is 0.000000189. The first kappa shape index (κ1) is 26.7. The number of aromatic nitrogens is 4. The van der Waals surface area contributed by atoms with Crippen molar-refractivity contribution >= 4 is 40.1 Å². The number of nitrogens with zero attached hydrogens (tertiary/aromatic N) is 4. The van der Waals surface area contributed by atoms with Gasteiger partial charge in [0.1, 0.15) is 0 Å². The Hall–Kier alpha value is -3.60. The maximum atomic E-state index is 11.2. The number of Topliss-reactive ketones (excluding diaryl/α,β-unsaturated/α-hetero) is 2. The molecular formula is C24H22BBrN4O4. The van der Waals surface area contributed by atoms with Crippen molar-refractivity contribution in [3.8, 4) is 11.1 Å². The van der Waals surface area contributed by atoms with E-state index in [0.717, 1.165) is 15.6 Å². The second kappa shape index (κ2) is 13.8. The Bertz CT molecular complexity index is 1210. The van der Waals surface area contributed by atoms with Gasteiger partial charge in [0.05, 0.1) is 0 Å². The van der Waals surface area contributed by atoms with Crippen LogP contribution >= 0.6 is 15.9 Å². The van der Waals surface area contributed by atoms with Gasteiger partial charge in [-0.05, 0) is 77.2 Å². The maximum Gasteiger partial charge on any atom is 0.488 e. The van der Waals surface area contributed by atoms with E-state index in [0.29, 0.717) is 16.6 Å². The zero-order chi connectivity index (χ0) is 24.9. The summed E-state index contributed by atoms with van der Waals surface area (Å²) in [5.74, 6) is 0.0622. The van der Waals surface area contributed by atoms with Gasteiger partial charge in [0, 0.05) is 70.7 Å². The molecule has 0 radical (unpaired) electrons. The first-order chi connectivity index (χ1) is 16.3. The van der Waals surface area contributed by atoms with Crippen molar-refractivity contribution in [2.45, 2.75) is 13.8 Å². The van der Waals surface area contributed by atoms with E-state index in [9.17, 15) is 9.59 Å². The highest BCUT2D eigenvalue weighted by atomic mass is 79.9. The number of pyridine rings is 4. The number of carbonyl (C=O) groups excluding carboxylic acids is 2. The average molecular weight is 521 g/mol. The molecule has 0 aliphatic heterocycles. The standard InChI is InChI=1S/C12H10N2O.C7H6BrNO.C5H6BNO2/c1-9(15)11-6-12(8-14-7-11)10-2-4-13-5-3-10;1-5(10)6-2-7(8)4-9-3-6;8-6(9)5-1-3-7-4-2-5/h2-8H,1H3;2-4H,1H3;1-4,8-9H. The monoisotopic (exact) mass is 520 g/mol. The summed E-state index contributed by atoms with van der Waals surface area (Å²) in [6, 6.07) is 10.5. The topological polar surface area (TPSA) is 126 Å². The highest BCUT2D eigenvalue weighted by molar-refractivity contribution is 9.10. The van der Waals surface area contributed by atoms with Crippen LogP contribution in [0.25, 0.3) is 11.1 Å². The molecule has 0 spiro atoms. The predicted octanol–water partition coefficient (Wildman–Crippen LogP) is 3.15. The van der Waals surface area contributed by atoms with Crippen molar-refractivity contribution in [3.63, 3.8) is 0 Å². The number of ketones is 2. The largest absolute Gasteiger partial charge is 0.488 e. The van der Waals surface area contributed by atoms with Crippen LogP contribution in [0.4, 0.5) is 0 Å². The second-order valence-corrected chi connectivity index (χ2v) is 7.77. The Labute approximate surface area is 206 Å². The van der Waals surface area contributed by atoms with Crippen molar-refractivity contribution in [2.24, 2.45) is 0 Å². The lowest BCUT2D eigenvalue weighted by Gasteiger charge is -2.01. The molecule has 4 aromatic heterocycles. The van der Waals surface area contributed by atoms with Crippen molar-refractivity contribution in [3.05, 3.63) is 102 Å². The van der Waals surface area contributed by atoms with Gasteiger partial charge in [-0.25, -0.2) is 0 Å². The van der Waals surface area contributed by atoms with Gasteiger partial charge in [0.15, 0.2) is 11.6 Å².